The molecule has 0 fully saturated rings. The number of fused-ring (bicyclic) bond motifs is 1. The normalized spacial score (nSPS) is 11.1. The zero-order valence-electron chi connectivity index (χ0n) is 17.7. The zero-order chi connectivity index (χ0) is 22.8. The molecule has 0 aliphatic rings. The highest BCUT2D eigenvalue weighted by Gasteiger charge is 2.12. The number of nitrogens with zero attached hydrogens (tertiary/aromatic N) is 1. The van der Waals surface area contributed by atoms with Gasteiger partial charge in [0.2, 0.25) is 6.41 Å². The summed E-state index contributed by atoms with van der Waals surface area (Å²) in [5.74, 6) is -0.131. The van der Waals surface area contributed by atoms with E-state index in [2.05, 4.69) is 27.8 Å². The van der Waals surface area contributed by atoms with Crippen LogP contribution in [-0.2, 0) is 11.2 Å². The summed E-state index contributed by atoms with van der Waals surface area (Å²) in [4.78, 5) is 26.5. The number of rotatable bonds is 6. The van der Waals surface area contributed by atoms with Crippen molar-refractivity contribution in [1.29, 1.82) is 0 Å². The maximum Gasteiger partial charge on any atom is 0.253 e. The van der Waals surface area contributed by atoms with E-state index in [4.69, 9.17) is 11.6 Å². The Bertz CT molecular complexity index is 1180. The number of halogens is 1. The van der Waals surface area contributed by atoms with Gasteiger partial charge in [0.15, 0.2) is 0 Å². The topological polar surface area (TPSA) is 71.1 Å². The highest BCUT2D eigenvalue weighted by molar-refractivity contribution is 6.33. The molecule has 32 heavy (non-hydrogen) atoms. The second-order valence-corrected chi connectivity index (χ2v) is 7.59. The molecule has 4 rings (SSSR count). The third-order valence-corrected chi connectivity index (χ3v) is 5.07. The number of benzene rings is 3. The molecule has 2 N–H and O–H groups in total. The Morgan fingerprint density at radius 1 is 0.969 bits per heavy atom. The summed E-state index contributed by atoms with van der Waals surface area (Å²) in [6.07, 6.45) is 3.20. The van der Waals surface area contributed by atoms with Crippen molar-refractivity contribution in [1.82, 2.24) is 10.3 Å². The molecule has 6 heteroatoms. The molecule has 1 unspecified atom stereocenters. The lowest BCUT2D eigenvalue weighted by molar-refractivity contribution is -0.105. The van der Waals surface area contributed by atoms with Crippen LogP contribution < -0.4 is 10.6 Å². The van der Waals surface area contributed by atoms with Gasteiger partial charge in [-0.1, -0.05) is 60.1 Å². The summed E-state index contributed by atoms with van der Waals surface area (Å²) >= 11 is 6.00. The largest absolute Gasteiger partial charge is 0.349 e. The first kappa shape index (κ1) is 23.0. The minimum absolute atomic E-state index is 0.0613. The van der Waals surface area contributed by atoms with Crippen LogP contribution in [0.4, 0.5) is 5.69 Å². The number of pyridine rings is 1. The molecule has 4 aromatic rings. The van der Waals surface area contributed by atoms with E-state index < -0.39 is 0 Å². The third kappa shape index (κ3) is 6.40. The molecule has 5 nitrogen and oxygen atoms in total. The van der Waals surface area contributed by atoms with Crippen molar-refractivity contribution in [2.75, 3.05) is 5.32 Å². The van der Waals surface area contributed by atoms with Crippen LogP contribution in [-0.4, -0.2) is 23.3 Å². The van der Waals surface area contributed by atoms with Crippen LogP contribution in [0.1, 0.15) is 22.8 Å². The molecule has 1 atom stereocenters. The van der Waals surface area contributed by atoms with Crippen molar-refractivity contribution >= 4 is 40.5 Å². The van der Waals surface area contributed by atoms with Crippen molar-refractivity contribution in [2.45, 2.75) is 19.4 Å². The van der Waals surface area contributed by atoms with Crippen molar-refractivity contribution in [3.63, 3.8) is 0 Å². The van der Waals surface area contributed by atoms with E-state index in [0.29, 0.717) is 17.0 Å². The van der Waals surface area contributed by atoms with Gasteiger partial charge in [0, 0.05) is 23.3 Å². The van der Waals surface area contributed by atoms with Crippen LogP contribution in [0.2, 0.25) is 5.02 Å². The van der Waals surface area contributed by atoms with E-state index >= 15 is 0 Å². The van der Waals surface area contributed by atoms with Gasteiger partial charge in [0.1, 0.15) is 0 Å². The Hall–Kier alpha value is -3.70. The van der Waals surface area contributed by atoms with Crippen LogP contribution in [0.5, 0.6) is 0 Å². The van der Waals surface area contributed by atoms with Gasteiger partial charge in [-0.15, -0.1) is 0 Å². The smallest absolute Gasteiger partial charge is 0.253 e. The number of aromatic nitrogens is 1. The summed E-state index contributed by atoms with van der Waals surface area (Å²) < 4.78 is 0. The maximum atomic E-state index is 12.1. The number of carbonyl (C=O) groups excluding carboxylic acids is 2. The van der Waals surface area contributed by atoms with Gasteiger partial charge < -0.3 is 10.6 Å². The highest BCUT2D eigenvalue weighted by Crippen LogP contribution is 2.20. The number of carbonyl (C=O) groups is 2. The van der Waals surface area contributed by atoms with Crippen LogP contribution in [0.15, 0.2) is 91.1 Å². The average molecular weight is 446 g/mol. The molecule has 0 saturated heterocycles. The molecule has 2 amide bonds. The molecule has 0 spiro atoms. The van der Waals surface area contributed by atoms with Gasteiger partial charge in [-0.2, -0.15) is 0 Å². The Kier molecular flexibility index (Phi) is 8.35. The number of anilines is 1. The van der Waals surface area contributed by atoms with Gasteiger partial charge in [0.05, 0.1) is 16.1 Å². The number of nitrogens with one attached hydrogen (secondary N) is 2. The molecule has 162 valence electrons. The van der Waals surface area contributed by atoms with E-state index in [1.54, 1.807) is 18.3 Å². The lowest BCUT2D eigenvalue weighted by Gasteiger charge is -2.14. The third-order valence-electron chi connectivity index (χ3n) is 4.74. The Morgan fingerprint density at radius 2 is 1.72 bits per heavy atom. The number of amides is 2. The zero-order valence-corrected chi connectivity index (χ0v) is 18.4. The molecule has 0 aliphatic carbocycles. The Balaban J connectivity index is 0.000000193. The quantitative estimate of drug-likeness (QED) is 0.385. The van der Waals surface area contributed by atoms with Crippen molar-refractivity contribution < 1.29 is 9.59 Å². The molecule has 0 radical (unpaired) electrons. The molecule has 1 aromatic heterocycles. The van der Waals surface area contributed by atoms with Gasteiger partial charge in [-0.25, -0.2) is 0 Å². The molecule has 3 aromatic carbocycles. The van der Waals surface area contributed by atoms with Gasteiger partial charge in [0.25, 0.3) is 5.91 Å². The molecular weight excluding hydrogens is 422 g/mol. The molecule has 0 saturated carbocycles. The second kappa shape index (κ2) is 11.6. The Labute approximate surface area is 192 Å². The fourth-order valence-electron chi connectivity index (χ4n) is 3.26. The average Bonchev–Trinajstić information content (AvgIpc) is 2.81. The summed E-state index contributed by atoms with van der Waals surface area (Å²) in [7, 11) is 0. The predicted molar refractivity (Wildman–Crippen MR) is 130 cm³/mol. The number of hydrogen-bond acceptors (Lipinski definition) is 3. The van der Waals surface area contributed by atoms with E-state index in [1.807, 2.05) is 67.6 Å². The summed E-state index contributed by atoms with van der Waals surface area (Å²) in [6.45, 7) is 1.99. The minimum Gasteiger partial charge on any atom is -0.349 e. The van der Waals surface area contributed by atoms with Crippen molar-refractivity contribution in [2.24, 2.45) is 0 Å². The first-order valence-corrected chi connectivity index (χ1v) is 10.6. The first-order valence-electron chi connectivity index (χ1n) is 10.2. The monoisotopic (exact) mass is 445 g/mol. The Morgan fingerprint density at radius 3 is 2.47 bits per heavy atom. The molecule has 0 aliphatic heterocycles. The highest BCUT2D eigenvalue weighted by atomic mass is 35.5. The van der Waals surface area contributed by atoms with Crippen LogP contribution in [0.3, 0.4) is 0 Å². The van der Waals surface area contributed by atoms with Crippen LogP contribution in [0, 0.1) is 0 Å². The number of hydrogen-bond donors (Lipinski definition) is 2. The lowest BCUT2D eigenvalue weighted by Crippen LogP contribution is -2.34. The lowest BCUT2D eigenvalue weighted by atomic mass is 10.1. The molecular formula is C26H24ClN3O2. The van der Waals surface area contributed by atoms with Crippen LogP contribution in [0.25, 0.3) is 10.9 Å². The molecule has 1 heterocycles. The standard InChI is InChI=1S/C16H16ClNO.C10H8N2O/c1-12(11-13-7-3-2-4-8-13)18-16(19)14-9-5-6-10-15(14)17;13-7-12-10-5-1-4-9-8(10)3-2-6-11-9/h2-10,12H,11H2,1H3,(H,18,19);1-7H,(H,12,13). The fraction of sp³-hybridized carbons (Fsp3) is 0.115. The predicted octanol–water partition coefficient (Wildman–Crippen LogP) is 5.50. The van der Waals surface area contributed by atoms with E-state index in [0.717, 1.165) is 23.0 Å². The van der Waals surface area contributed by atoms with Crippen molar-refractivity contribution in [3.8, 4) is 0 Å². The summed E-state index contributed by atoms with van der Waals surface area (Å²) in [5.41, 5.74) is 3.40. The minimum atomic E-state index is -0.131. The van der Waals surface area contributed by atoms with E-state index in [-0.39, 0.29) is 11.9 Å². The summed E-state index contributed by atoms with van der Waals surface area (Å²) in [5, 5.41) is 7.03. The van der Waals surface area contributed by atoms with Gasteiger partial charge >= 0.3 is 0 Å². The maximum absolute atomic E-state index is 12.1. The van der Waals surface area contributed by atoms with E-state index in [1.165, 1.54) is 5.56 Å². The fourth-order valence-corrected chi connectivity index (χ4v) is 3.48. The second-order valence-electron chi connectivity index (χ2n) is 7.18. The summed E-state index contributed by atoms with van der Waals surface area (Å²) in [6, 6.07) is 26.6. The van der Waals surface area contributed by atoms with Gasteiger partial charge in [-0.05, 0) is 55.3 Å². The van der Waals surface area contributed by atoms with Gasteiger partial charge in [-0.3, -0.25) is 14.6 Å². The van der Waals surface area contributed by atoms with Crippen LogP contribution >= 0.6 is 11.6 Å². The SMILES string of the molecule is CC(Cc1ccccc1)NC(=O)c1ccccc1Cl.O=CNc1cccc2ncccc12. The van der Waals surface area contributed by atoms with Crippen molar-refractivity contribution in [3.05, 3.63) is 107 Å². The van der Waals surface area contributed by atoms with E-state index in [9.17, 15) is 9.59 Å². The first-order chi connectivity index (χ1) is 15.6. The molecule has 0 bridgehead atoms.